The van der Waals surface area contributed by atoms with Crippen molar-refractivity contribution in [3.8, 4) is 0 Å². The van der Waals surface area contributed by atoms with Gasteiger partial charge in [0.25, 0.3) is 11.8 Å². The van der Waals surface area contributed by atoms with Gasteiger partial charge in [0.1, 0.15) is 0 Å². The molecule has 0 radical (unpaired) electrons. The molecule has 0 aromatic heterocycles. The second-order valence-corrected chi connectivity index (χ2v) is 10.5. The second kappa shape index (κ2) is 11.0. The number of carbonyl (C=O) groups excluding carboxylic acids is 2. The van der Waals surface area contributed by atoms with E-state index in [-0.39, 0.29) is 18.0 Å². The quantitative estimate of drug-likeness (QED) is 0.478. The summed E-state index contributed by atoms with van der Waals surface area (Å²) in [6.07, 6.45) is 8.15. The lowest BCUT2D eigenvalue weighted by Crippen LogP contribution is -2.61. The van der Waals surface area contributed by atoms with Gasteiger partial charge in [-0.15, -0.1) is 0 Å². The van der Waals surface area contributed by atoms with Crippen molar-refractivity contribution in [3.63, 3.8) is 0 Å². The Hall–Kier alpha value is -2.52. The third kappa shape index (κ3) is 5.83. The van der Waals surface area contributed by atoms with E-state index in [1.165, 1.54) is 5.56 Å². The summed E-state index contributed by atoms with van der Waals surface area (Å²) < 4.78 is 0. The number of hydrogen-bond acceptors (Lipinski definition) is 6. The van der Waals surface area contributed by atoms with Gasteiger partial charge >= 0.3 is 0 Å². The molecule has 0 bridgehead atoms. The van der Waals surface area contributed by atoms with Gasteiger partial charge in [-0.1, -0.05) is 36.4 Å². The fourth-order valence-corrected chi connectivity index (χ4v) is 5.71. The Bertz CT molecular complexity index is 959. The zero-order valence-corrected chi connectivity index (χ0v) is 21.2. The van der Waals surface area contributed by atoms with Crippen LogP contribution in [0.2, 0.25) is 0 Å². The Morgan fingerprint density at radius 1 is 1.06 bits per heavy atom. The van der Waals surface area contributed by atoms with Crippen LogP contribution in [-0.2, 0) is 11.3 Å². The first-order valence-electron chi connectivity index (χ1n) is 12.6. The van der Waals surface area contributed by atoms with Gasteiger partial charge in [-0.05, 0) is 45.0 Å². The van der Waals surface area contributed by atoms with Crippen LogP contribution < -0.4 is 5.48 Å². The Labute approximate surface area is 208 Å². The molecule has 1 aromatic rings. The van der Waals surface area contributed by atoms with E-state index in [4.69, 9.17) is 0 Å². The summed E-state index contributed by atoms with van der Waals surface area (Å²) in [6, 6.07) is 8.07. The minimum Gasteiger partial charge on any atom is -0.331 e. The molecular weight excluding hydrogens is 442 g/mol. The van der Waals surface area contributed by atoms with Crippen molar-refractivity contribution >= 4 is 11.8 Å². The van der Waals surface area contributed by atoms with E-state index in [0.717, 1.165) is 38.3 Å². The molecule has 2 saturated heterocycles. The number of likely N-dealkylation sites (N-methyl/N-ethyl adjacent to an activating group) is 1. The predicted molar refractivity (Wildman–Crippen MR) is 136 cm³/mol. The molecule has 3 aliphatic rings. The highest BCUT2D eigenvalue weighted by Gasteiger charge is 2.41. The molecule has 4 rings (SSSR count). The first kappa shape index (κ1) is 25.6. The van der Waals surface area contributed by atoms with Crippen molar-refractivity contribution in [1.29, 1.82) is 0 Å². The van der Waals surface area contributed by atoms with Crippen molar-refractivity contribution in [3.05, 3.63) is 59.7 Å². The number of hydroxylamine groups is 1. The number of rotatable bonds is 6. The lowest BCUT2D eigenvalue weighted by molar-refractivity contribution is -0.138. The van der Waals surface area contributed by atoms with E-state index in [2.05, 4.69) is 41.7 Å². The number of carbonyl (C=O) groups is 2. The maximum absolute atomic E-state index is 13.6. The van der Waals surface area contributed by atoms with Crippen molar-refractivity contribution in [2.24, 2.45) is 5.41 Å². The van der Waals surface area contributed by atoms with E-state index in [1.54, 1.807) is 0 Å². The number of piperazine rings is 2. The molecule has 35 heavy (non-hydrogen) atoms. The molecule has 8 heteroatoms. The number of hydrogen-bond donors (Lipinski definition) is 2. The molecular formula is C27H39N5O3. The van der Waals surface area contributed by atoms with Gasteiger partial charge in [-0.3, -0.25) is 24.6 Å². The molecule has 1 aliphatic carbocycles. The number of nitrogens with one attached hydrogen (secondary N) is 1. The third-order valence-corrected chi connectivity index (χ3v) is 7.61. The smallest absolute Gasteiger partial charge is 0.254 e. The predicted octanol–water partition coefficient (Wildman–Crippen LogP) is 1.98. The van der Waals surface area contributed by atoms with Crippen LogP contribution in [0.15, 0.2) is 48.6 Å². The van der Waals surface area contributed by atoms with Crippen molar-refractivity contribution in [2.75, 3.05) is 52.9 Å². The zero-order chi connectivity index (χ0) is 25.0. The van der Waals surface area contributed by atoms with E-state index < -0.39 is 11.3 Å². The van der Waals surface area contributed by atoms with Gasteiger partial charge in [0.2, 0.25) is 0 Å². The summed E-state index contributed by atoms with van der Waals surface area (Å²) >= 11 is 0. The molecule has 2 aliphatic heterocycles. The van der Waals surface area contributed by atoms with Crippen LogP contribution in [0.5, 0.6) is 0 Å². The van der Waals surface area contributed by atoms with Crippen LogP contribution in [0.25, 0.3) is 0 Å². The Morgan fingerprint density at radius 2 is 1.77 bits per heavy atom. The second-order valence-electron chi connectivity index (χ2n) is 10.5. The number of benzene rings is 1. The molecule has 0 saturated carbocycles. The molecule has 3 atom stereocenters. The normalized spacial score (nSPS) is 28.3. The minimum absolute atomic E-state index is 0.00453. The summed E-state index contributed by atoms with van der Waals surface area (Å²) in [7, 11) is 2.16. The largest absolute Gasteiger partial charge is 0.331 e. The molecule has 190 valence electrons. The minimum atomic E-state index is -0.799. The van der Waals surface area contributed by atoms with Crippen LogP contribution in [0.4, 0.5) is 0 Å². The number of allylic oxidation sites excluding steroid dienone is 3. The van der Waals surface area contributed by atoms with Gasteiger partial charge in [0.05, 0.1) is 5.41 Å². The summed E-state index contributed by atoms with van der Waals surface area (Å²) in [5.74, 6) is -0.331. The highest BCUT2D eigenvalue weighted by atomic mass is 16.5. The average Bonchev–Trinajstić information content (AvgIpc) is 2.85. The van der Waals surface area contributed by atoms with E-state index >= 15 is 0 Å². The highest BCUT2D eigenvalue weighted by Crippen LogP contribution is 2.31. The third-order valence-electron chi connectivity index (χ3n) is 7.61. The van der Waals surface area contributed by atoms with Crippen molar-refractivity contribution < 1.29 is 14.8 Å². The summed E-state index contributed by atoms with van der Waals surface area (Å²) in [5, 5.41) is 9.33. The first-order valence-corrected chi connectivity index (χ1v) is 12.6. The topological polar surface area (TPSA) is 79.4 Å². The maximum Gasteiger partial charge on any atom is 0.254 e. The SMILES string of the molecule is C[C@@H]1CN(CC2(C(=O)NO)C=CC=CC2)C[C@H](C)N1C(=O)c1cccc(CN2CCN(C)CC2)c1. The lowest BCUT2D eigenvalue weighted by Gasteiger charge is -2.46. The highest BCUT2D eigenvalue weighted by molar-refractivity contribution is 5.95. The van der Waals surface area contributed by atoms with Gasteiger partial charge in [0.15, 0.2) is 0 Å². The molecule has 2 fully saturated rings. The fraction of sp³-hybridized carbons (Fsp3) is 0.556. The van der Waals surface area contributed by atoms with E-state index in [9.17, 15) is 14.8 Å². The van der Waals surface area contributed by atoms with Crippen molar-refractivity contribution in [1.82, 2.24) is 25.1 Å². The number of nitrogens with zero attached hydrogens (tertiary/aromatic N) is 4. The van der Waals surface area contributed by atoms with Gasteiger partial charge < -0.3 is 9.80 Å². The van der Waals surface area contributed by atoms with Crippen LogP contribution in [0, 0.1) is 5.41 Å². The Morgan fingerprint density at radius 3 is 2.40 bits per heavy atom. The molecule has 1 unspecified atom stereocenters. The molecule has 2 heterocycles. The maximum atomic E-state index is 13.6. The van der Waals surface area contributed by atoms with Gasteiger partial charge in [-0.2, -0.15) is 0 Å². The molecule has 0 spiro atoms. The Balaban J connectivity index is 1.41. The molecule has 2 N–H and O–H groups in total. The molecule has 1 aromatic carbocycles. The van der Waals surface area contributed by atoms with Crippen molar-refractivity contribution in [2.45, 2.75) is 38.9 Å². The molecule has 8 nitrogen and oxygen atoms in total. The van der Waals surface area contributed by atoms with E-state index in [0.29, 0.717) is 26.1 Å². The Kier molecular flexibility index (Phi) is 8.06. The standard InChI is InChI=1S/C27H39N5O3/c1-21-17-31(20-27(26(34)28-35)10-5-4-6-11-27)18-22(2)32(21)25(33)24-9-7-8-23(16-24)19-30-14-12-29(3)13-15-30/h4-10,16,21-22,35H,11-15,17-20H2,1-3H3,(H,28,34)/t21-,22+,27?. The summed E-state index contributed by atoms with van der Waals surface area (Å²) in [4.78, 5) is 35.1. The van der Waals surface area contributed by atoms with Crippen LogP contribution in [-0.4, -0.2) is 102 Å². The summed E-state index contributed by atoms with van der Waals surface area (Å²) in [5.41, 5.74) is 2.96. The fourth-order valence-electron chi connectivity index (χ4n) is 5.71. The monoisotopic (exact) mass is 481 g/mol. The lowest BCUT2D eigenvalue weighted by atomic mass is 9.80. The summed E-state index contributed by atoms with van der Waals surface area (Å²) in [6.45, 7) is 11.1. The first-order chi connectivity index (χ1) is 16.8. The molecule has 2 amide bonds. The van der Waals surface area contributed by atoms with Gasteiger partial charge in [-0.25, -0.2) is 5.48 Å². The van der Waals surface area contributed by atoms with Crippen LogP contribution in [0.1, 0.15) is 36.2 Å². The zero-order valence-electron chi connectivity index (χ0n) is 21.2. The average molecular weight is 482 g/mol. The van der Waals surface area contributed by atoms with Crippen LogP contribution in [0.3, 0.4) is 0 Å². The number of amides is 2. The van der Waals surface area contributed by atoms with Gasteiger partial charge in [0, 0.05) is 70.0 Å². The van der Waals surface area contributed by atoms with Crippen LogP contribution >= 0.6 is 0 Å². The van der Waals surface area contributed by atoms with E-state index in [1.807, 2.05) is 52.9 Å².